The average Bonchev–Trinajstić information content (AvgIpc) is 2.30. The molecule has 17 heavy (non-hydrogen) atoms. The SMILES string of the molecule is CNC(C1=COCCC1)c1cc(Br)cc(Br)c1. The van der Waals surface area contributed by atoms with Gasteiger partial charge in [-0.25, -0.2) is 0 Å². The van der Waals surface area contributed by atoms with Gasteiger partial charge in [-0.05, 0) is 49.2 Å². The van der Waals surface area contributed by atoms with Crippen molar-refractivity contribution in [3.63, 3.8) is 0 Å². The van der Waals surface area contributed by atoms with Crippen molar-refractivity contribution in [2.24, 2.45) is 0 Å². The molecular formula is C13H15Br2NO. The van der Waals surface area contributed by atoms with Gasteiger partial charge in [-0.2, -0.15) is 0 Å². The molecule has 1 unspecified atom stereocenters. The van der Waals surface area contributed by atoms with Crippen LogP contribution in [0.1, 0.15) is 24.4 Å². The van der Waals surface area contributed by atoms with Gasteiger partial charge in [-0.15, -0.1) is 0 Å². The fourth-order valence-electron chi connectivity index (χ4n) is 2.10. The van der Waals surface area contributed by atoms with Crippen LogP contribution in [0.3, 0.4) is 0 Å². The van der Waals surface area contributed by atoms with Crippen molar-refractivity contribution >= 4 is 31.9 Å². The molecule has 1 heterocycles. The van der Waals surface area contributed by atoms with E-state index in [1.807, 2.05) is 19.4 Å². The molecule has 4 heteroatoms. The normalized spacial score (nSPS) is 17.2. The largest absolute Gasteiger partial charge is 0.501 e. The summed E-state index contributed by atoms with van der Waals surface area (Å²) in [5.41, 5.74) is 2.55. The molecule has 0 spiro atoms. The summed E-state index contributed by atoms with van der Waals surface area (Å²) in [6, 6.07) is 6.55. The van der Waals surface area contributed by atoms with Crippen LogP contribution in [0.5, 0.6) is 0 Å². The van der Waals surface area contributed by atoms with E-state index < -0.39 is 0 Å². The first kappa shape index (κ1) is 13.1. The van der Waals surface area contributed by atoms with Crippen molar-refractivity contribution in [2.45, 2.75) is 18.9 Å². The number of benzene rings is 1. The van der Waals surface area contributed by atoms with Gasteiger partial charge >= 0.3 is 0 Å². The van der Waals surface area contributed by atoms with Gasteiger partial charge < -0.3 is 10.1 Å². The lowest BCUT2D eigenvalue weighted by Crippen LogP contribution is -2.20. The van der Waals surface area contributed by atoms with Gasteiger partial charge in [-0.3, -0.25) is 0 Å². The predicted octanol–water partition coefficient (Wildman–Crippen LogP) is 4.17. The summed E-state index contributed by atoms with van der Waals surface area (Å²) in [6.45, 7) is 0.835. The van der Waals surface area contributed by atoms with E-state index in [0.29, 0.717) is 0 Å². The van der Waals surface area contributed by atoms with Crippen molar-refractivity contribution in [3.05, 3.63) is 44.5 Å². The molecule has 0 amide bonds. The van der Waals surface area contributed by atoms with E-state index in [-0.39, 0.29) is 6.04 Å². The second-order valence-corrected chi connectivity index (χ2v) is 5.92. The van der Waals surface area contributed by atoms with Gasteiger partial charge in [0.2, 0.25) is 0 Å². The first-order valence-corrected chi connectivity index (χ1v) is 7.23. The molecule has 1 aromatic rings. The van der Waals surface area contributed by atoms with Crippen LogP contribution in [0, 0.1) is 0 Å². The highest BCUT2D eigenvalue weighted by atomic mass is 79.9. The molecule has 1 aliphatic heterocycles. The zero-order valence-electron chi connectivity index (χ0n) is 9.67. The molecule has 2 nitrogen and oxygen atoms in total. The standard InChI is InChI=1S/C13H15Br2NO/c1-16-13(9-3-2-4-17-8-9)10-5-11(14)7-12(15)6-10/h5-8,13,16H,2-4H2,1H3. The van der Waals surface area contributed by atoms with Crippen LogP contribution in [0.15, 0.2) is 39.0 Å². The zero-order chi connectivity index (χ0) is 12.3. The molecule has 0 aromatic heterocycles. The first-order valence-electron chi connectivity index (χ1n) is 5.64. The van der Waals surface area contributed by atoms with E-state index in [9.17, 15) is 0 Å². The van der Waals surface area contributed by atoms with Crippen LogP contribution in [-0.4, -0.2) is 13.7 Å². The van der Waals surface area contributed by atoms with Gasteiger partial charge in [-0.1, -0.05) is 31.9 Å². The minimum atomic E-state index is 0.226. The number of ether oxygens (including phenoxy) is 1. The Hall–Kier alpha value is -0.320. The number of likely N-dealkylation sites (N-methyl/N-ethyl adjacent to an activating group) is 1. The molecule has 0 bridgehead atoms. The Morgan fingerprint density at radius 3 is 2.47 bits per heavy atom. The van der Waals surface area contributed by atoms with E-state index >= 15 is 0 Å². The molecule has 0 fully saturated rings. The lowest BCUT2D eigenvalue weighted by atomic mass is 9.95. The summed E-state index contributed by atoms with van der Waals surface area (Å²) in [4.78, 5) is 0. The molecule has 0 saturated carbocycles. The highest BCUT2D eigenvalue weighted by molar-refractivity contribution is 9.11. The predicted molar refractivity (Wildman–Crippen MR) is 76.9 cm³/mol. The molecule has 0 saturated heterocycles. The summed E-state index contributed by atoms with van der Waals surface area (Å²) in [5, 5.41) is 3.35. The van der Waals surface area contributed by atoms with E-state index in [0.717, 1.165) is 28.4 Å². The number of rotatable bonds is 3. The summed E-state index contributed by atoms with van der Waals surface area (Å²) in [7, 11) is 1.98. The third-order valence-corrected chi connectivity index (χ3v) is 3.76. The summed E-state index contributed by atoms with van der Waals surface area (Å²) in [6.07, 6.45) is 4.09. The Morgan fingerprint density at radius 2 is 1.94 bits per heavy atom. The Bertz CT molecular complexity index is 411. The minimum Gasteiger partial charge on any atom is -0.501 e. The Kier molecular flexibility index (Phi) is 4.65. The Balaban J connectivity index is 2.31. The van der Waals surface area contributed by atoms with E-state index in [1.165, 1.54) is 11.1 Å². The van der Waals surface area contributed by atoms with Crippen LogP contribution in [0.25, 0.3) is 0 Å². The lowest BCUT2D eigenvalue weighted by Gasteiger charge is -2.23. The molecule has 1 aromatic carbocycles. The smallest absolute Gasteiger partial charge is 0.0876 e. The second kappa shape index (κ2) is 6.03. The molecular weight excluding hydrogens is 346 g/mol. The van der Waals surface area contributed by atoms with Gasteiger partial charge in [0, 0.05) is 8.95 Å². The molecule has 1 atom stereocenters. The molecule has 1 N–H and O–H groups in total. The fraction of sp³-hybridized carbons (Fsp3) is 0.385. The fourth-order valence-corrected chi connectivity index (χ4v) is 3.43. The molecule has 0 radical (unpaired) electrons. The topological polar surface area (TPSA) is 21.3 Å². The van der Waals surface area contributed by atoms with Crippen molar-refractivity contribution in [1.29, 1.82) is 0 Å². The molecule has 92 valence electrons. The Labute approximate surface area is 119 Å². The first-order chi connectivity index (χ1) is 8.20. The van der Waals surface area contributed by atoms with Crippen molar-refractivity contribution < 1.29 is 4.74 Å². The van der Waals surface area contributed by atoms with E-state index in [2.05, 4.69) is 49.3 Å². The lowest BCUT2D eigenvalue weighted by molar-refractivity contribution is 0.220. The van der Waals surface area contributed by atoms with Gasteiger partial charge in [0.05, 0.1) is 18.9 Å². The second-order valence-electron chi connectivity index (χ2n) is 4.09. The van der Waals surface area contributed by atoms with Gasteiger partial charge in [0.25, 0.3) is 0 Å². The van der Waals surface area contributed by atoms with Gasteiger partial charge in [0.1, 0.15) is 0 Å². The number of hydrogen-bond acceptors (Lipinski definition) is 2. The quantitative estimate of drug-likeness (QED) is 0.873. The number of hydrogen-bond donors (Lipinski definition) is 1. The maximum absolute atomic E-state index is 5.42. The summed E-state index contributed by atoms with van der Waals surface area (Å²) < 4.78 is 7.59. The van der Waals surface area contributed by atoms with Crippen molar-refractivity contribution in [2.75, 3.05) is 13.7 Å². The van der Waals surface area contributed by atoms with E-state index in [4.69, 9.17) is 4.74 Å². The van der Waals surface area contributed by atoms with Crippen LogP contribution in [-0.2, 0) is 4.74 Å². The molecule has 0 aliphatic carbocycles. The zero-order valence-corrected chi connectivity index (χ0v) is 12.8. The van der Waals surface area contributed by atoms with E-state index in [1.54, 1.807) is 0 Å². The third kappa shape index (κ3) is 3.33. The monoisotopic (exact) mass is 359 g/mol. The molecule has 1 aliphatic rings. The number of nitrogens with one attached hydrogen (secondary N) is 1. The molecule has 2 rings (SSSR count). The van der Waals surface area contributed by atoms with Crippen molar-refractivity contribution in [1.82, 2.24) is 5.32 Å². The average molecular weight is 361 g/mol. The van der Waals surface area contributed by atoms with Crippen LogP contribution in [0.4, 0.5) is 0 Å². The van der Waals surface area contributed by atoms with Crippen LogP contribution < -0.4 is 5.32 Å². The highest BCUT2D eigenvalue weighted by Crippen LogP contribution is 2.31. The van der Waals surface area contributed by atoms with Crippen LogP contribution in [0.2, 0.25) is 0 Å². The third-order valence-electron chi connectivity index (χ3n) is 2.84. The van der Waals surface area contributed by atoms with Crippen molar-refractivity contribution in [3.8, 4) is 0 Å². The van der Waals surface area contributed by atoms with Crippen LogP contribution >= 0.6 is 31.9 Å². The highest BCUT2D eigenvalue weighted by Gasteiger charge is 2.18. The Morgan fingerprint density at radius 1 is 1.24 bits per heavy atom. The minimum absolute atomic E-state index is 0.226. The maximum atomic E-state index is 5.42. The number of halogens is 2. The summed E-state index contributed by atoms with van der Waals surface area (Å²) >= 11 is 7.05. The van der Waals surface area contributed by atoms with Gasteiger partial charge in [0.15, 0.2) is 0 Å². The summed E-state index contributed by atoms with van der Waals surface area (Å²) in [5.74, 6) is 0. The maximum Gasteiger partial charge on any atom is 0.0876 e.